The lowest BCUT2D eigenvalue weighted by atomic mass is 10.0. The Kier molecular flexibility index (Phi) is 4.81. The number of likely N-dealkylation sites (tertiary alicyclic amines) is 1. The number of carbonyl (C=O) groups excluding carboxylic acids is 1. The Morgan fingerprint density at radius 3 is 2.62 bits per heavy atom. The summed E-state index contributed by atoms with van der Waals surface area (Å²) in [7, 11) is -3.46. The van der Waals surface area contributed by atoms with Gasteiger partial charge in [-0.3, -0.25) is 4.79 Å². The van der Waals surface area contributed by atoms with E-state index in [4.69, 9.17) is 11.6 Å². The molecule has 1 amide bonds. The molecule has 2 bridgehead atoms. The second kappa shape index (κ2) is 6.96. The number of thiophene rings is 1. The zero-order chi connectivity index (χ0) is 18.3. The second-order valence-electron chi connectivity index (χ2n) is 6.89. The summed E-state index contributed by atoms with van der Waals surface area (Å²) in [5, 5.41) is 2.41. The van der Waals surface area contributed by atoms with Crippen LogP contribution < -0.4 is 4.72 Å². The molecule has 4 rings (SSSR count). The van der Waals surface area contributed by atoms with Crippen LogP contribution in [0.5, 0.6) is 0 Å². The standard InChI is InChI=1S/C18H19ClN2O3S2/c19-14-5-3-12(4-6-14)8-17(22)21-11-13-9-15(21)10-16(13)20-26(23,24)18-2-1-7-25-18/h1-7,13,15-16,20H,8-11H2/t13-,15-,16-/m0/s1. The van der Waals surface area contributed by atoms with Crippen LogP contribution in [0.2, 0.25) is 5.02 Å². The normalized spacial score (nSPS) is 25.0. The number of hydrogen-bond donors (Lipinski definition) is 1. The summed E-state index contributed by atoms with van der Waals surface area (Å²) in [6.45, 7) is 0.620. The number of nitrogens with one attached hydrogen (secondary N) is 1. The summed E-state index contributed by atoms with van der Waals surface area (Å²) in [4.78, 5) is 14.5. The molecule has 2 heterocycles. The van der Waals surface area contributed by atoms with Gasteiger partial charge in [0.25, 0.3) is 0 Å². The van der Waals surface area contributed by atoms with Gasteiger partial charge in [0.2, 0.25) is 15.9 Å². The fraction of sp³-hybridized carbons (Fsp3) is 0.389. The number of nitrogens with zero attached hydrogens (tertiary/aromatic N) is 1. The van der Waals surface area contributed by atoms with Crippen LogP contribution in [-0.2, 0) is 21.2 Å². The molecule has 2 aliphatic rings. The van der Waals surface area contributed by atoms with Crippen molar-refractivity contribution in [1.82, 2.24) is 9.62 Å². The number of benzene rings is 1. The van der Waals surface area contributed by atoms with Gasteiger partial charge in [0.05, 0.1) is 6.42 Å². The molecule has 1 aromatic heterocycles. The van der Waals surface area contributed by atoms with E-state index in [1.807, 2.05) is 17.0 Å². The number of piperidine rings is 1. The van der Waals surface area contributed by atoms with Crippen LogP contribution in [0, 0.1) is 5.92 Å². The van der Waals surface area contributed by atoms with Gasteiger partial charge in [-0.2, -0.15) is 0 Å². The predicted molar refractivity (Wildman–Crippen MR) is 102 cm³/mol. The molecule has 1 saturated carbocycles. The lowest BCUT2D eigenvalue weighted by Crippen LogP contribution is -2.47. The average molecular weight is 411 g/mol. The highest BCUT2D eigenvalue weighted by molar-refractivity contribution is 7.91. The van der Waals surface area contributed by atoms with E-state index in [0.717, 1.165) is 12.0 Å². The molecule has 1 aliphatic heterocycles. The van der Waals surface area contributed by atoms with Crippen molar-refractivity contribution in [2.24, 2.45) is 5.92 Å². The smallest absolute Gasteiger partial charge is 0.250 e. The van der Waals surface area contributed by atoms with E-state index in [1.165, 1.54) is 11.3 Å². The minimum absolute atomic E-state index is 0.0910. The number of sulfonamides is 1. The van der Waals surface area contributed by atoms with Gasteiger partial charge in [-0.05, 0) is 47.9 Å². The summed E-state index contributed by atoms with van der Waals surface area (Å²) in [6, 6.07) is 10.7. The first kappa shape index (κ1) is 18.0. The maximum absolute atomic E-state index is 12.6. The zero-order valence-electron chi connectivity index (χ0n) is 14.0. The highest BCUT2D eigenvalue weighted by Crippen LogP contribution is 2.39. The van der Waals surface area contributed by atoms with Crippen molar-refractivity contribution in [3.63, 3.8) is 0 Å². The lowest BCUT2D eigenvalue weighted by Gasteiger charge is -2.32. The van der Waals surface area contributed by atoms with Crippen molar-refractivity contribution in [2.45, 2.75) is 35.6 Å². The molecular weight excluding hydrogens is 392 g/mol. The Hall–Kier alpha value is -1.41. The molecule has 1 saturated heterocycles. The van der Waals surface area contributed by atoms with Gasteiger partial charge in [0.15, 0.2) is 0 Å². The highest BCUT2D eigenvalue weighted by atomic mass is 35.5. The third-order valence-electron chi connectivity index (χ3n) is 5.20. The minimum atomic E-state index is -3.46. The van der Waals surface area contributed by atoms with Crippen LogP contribution in [0.25, 0.3) is 0 Å². The van der Waals surface area contributed by atoms with Crippen molar-refractivity contribution >= 4 is 38.9 Å². The van der Waals surface area contributed by atoms with Crippen LogP contribution in [0.1, 0.15) is 18.4 Å². The SMILES string of the molecule is O=C(Cc1ccc(Cl)cc1)N1C[C@@H]2C[C@H]1C[C@@H]2NS(=O)(=O)c1cccs1. The van der Waals surface area contributed by atoms with Crippen LogP contribution in [0.15, 0.2) is 46.0 Å². The molecule has 3 atom stereocenters. The largest absolute Gasteiger partial charge is 0.339 e. The summed E-state index contributed by atoms with van der Waals surface area (Å²) in [5.74, 6) is 0.281. The van der Waals surface area contributed by atoms with E-state index < -0.39 is 10.0 Å². The van der Waals surface area contributed by atoms with E-state index in [9.17, 15) is 13.2 Å². The molecule has 2 fully saturated rings. The van der Waals surface area contributed by atoms with Gasteiger partial charge in [-0.15, -0.1) is 11.3 Å². The first-order valence-corrected chi connectivity index (χ1v) is 11.3. The van der Waals surface area contributed by atoms with Crippen LogP contribution in [0.4, 0.5) is 0 Å². The molecule has 26 heavy (non-hydrogen) atoms. The Labute approximate surface area is 162 Å². The highest BCUT2D eigenvalue weighted by Gasteiger charge is 2.47. The van der Waals surface area contributed by atoms with E-state index in [0.29, 0.717) is 28.6 Å². The van der Waals surface area contributed by atoms with Crippen molar-refractivity contribution < 1.29 is 13.2 Å². The maximum atomic E-state index is 12.6. The number of fused-ring (bicyclic) bond motifs is 2. The van der Waals surface area contributed by atoms with E-state index in [-0.39, 0.29) is 23.9 Å². The Morgan fingerprint density at radius 2 is 2.00 bits per heavy atom. The number of rotatable bonds is 5. The average Bonchev–Trinajstić information content (AvgIpc) is 3.33. The van der Waals surface area contributed by atoms with Crippen LogP contribution in [-0.4, -0.2) is 37.9 Å². The molecule has 0 spiro atoms. The van der Waals surface area contributed by atoms with E-state index in [1.54, 1.807) is 29.6 Å². The number of hydrogen-bond acceptors (Lipinski definition) is 4. The number of carbonyl (C=O) groups is 1. The van der Waals surface area contributed by atoms with Crippen LogP contribution in [0.3, 0.4) is 0 Å². The third-order valence-corrected chi connectivity index (χ3v) is 8.34. The monoisotopic (exact) mass is 410 g/mol. The second-order valence-corrected chi connectivity index (χ2v) is 10.2. The van der Waals surface area contributed by atoms with Crippen molar-refractivity contribution in [3.8, 4) is 0 Å². The Bertz CT molecular complexity index is 897. The first-order valence-electron chi connectivity index (χ1n) is 8.52. The fourth-order valence-electron chi connectivity index (χ4n) is 3.96. The molecule has 1 aromatic carbocycles. The quantitative estimate of drug-likeness (QED) is 0.824. The summed E-state index contributed by atoms with van der Waals surface area (Å²) in [6.07, 6.45) is 1.90. The number of halogens is 1. The molecule has 1 N–H and O–H groups in total. The summed E-state index contributed by atoms with van der Waals surface area (Å²) < 4.78 is 28.0. The van der Waals surface area contributed by atoms with Crippen molar-refractivity contribution in [3.05, 3.63) is 52.4 Å². The number of amides is 1. The zero-order valence-corrected chi connectivity index (χ0v) is 16.4. The molecule has 0 unspecified atom stereocenters. The van der Waals surface area contributed by atoms with E-state index >= 15 is 0 Å². The fourth-order valence-corrected chi connectivity index (χ4v) is 6.41. The van der Waals surface area contributed by atoms with Gasteiger partial charge >= 0.3 is 0 Å². The maximum Gasteiger partial charge on any atom is 0.250 e. The molecule has 2 aromatic rings. The third kappa shape index (κ3) is 3.53. The van der Waals surface area contributed by atoms with Gasteiger partial charge in [-0.1, -0.05) is 29.8 Å². The van der Waals surface area contributed by atoms with Gasteiger partial charge in [-0.25, -0.2) is 13.1 Å². The summed E-state index contributed by atoms with van der Waals surface area (Å²) >= 11 is 7.10. The predicted octanol–water partition coefficient (Wildman–Crippen LogP) is 2.91. The molecule has 1 aliphatic carbocycles. The minimum Gasteiger partial charge on any atom is -0.339 e. The molecule has 8 heteroatoms. The van der Waals surface area contributed by atoms with Gasteiger partial charge < -0.3 is 4.90 Å². The van der Waals surface area contributed by atoms with Crippen molar-refractivity contribution in [1.29, 1.82) is 0 Å². The Morgan fingerprint density at radius 1 is 1.23 bits per heavy atom. The van der Waals surface area contributed by atoms with E-state index in [2.05, 4.69) is 4.72 Å². The first-order chi connectivity index (χ1) is 12.4. The molecular formula is C18H19ClN2O3S2. The van der Waals surface area contributed by atoms with Crippen LogP contribution >= 0.6 is 22.9 Å². The molecule has 0 radical (unpaired) electrons. The van der Waals surface area contributed by atoms with Gasteiger partial charge in [0.1, 0.15) is 4.21 Å². The topological polar surface area (TPSA) is 66.5 Å². The Balaban J connectivity index is 1.37. The molecule has 138 valence electrons. The molecule has 5 nitrogen and oxygen atoms in total. The van der Waals surface area contributed by atoms with Crippen molar-refractivity contribution in [2.75, 3.05) is 6.54 Å². The lowest BCUT2D eigenvalue weighted by molar-refractivity contribution is -0.132. The van der Waals surface area contributed by atoms with Gasteiger partial charge in [0, 0.05) is 23.7 Å². The summed E-state index contributed by atoms with van der Waals surface area (Å²) in [5.41, 5.74) is 0.942.